The van der Waals surface area contributed by atoms with Crippen LogP contribution in [0.15, 0.2) is 53.7 Å². The summed E-state index contributed by atoms with van der Waals surface area (Å²) in [6.07, 6.45) is 14.8. The van der Waals surface area contributed by atoms with Crippen LogP contribution in [-0.4, -0.2) is 34.7 Å². The first-order valence-electron chi connectivity index (χ1n) is 13.6. The van der Waals surface area contributed by atoms with E-state index in [1.54, 1.807) is 0 Å². The lowest BCUT2D eigenvalue weighted by atomic mass is 9.80. The molecule has 4 aromatic rings. The van der Waals surface area contributed by atoms with Gasteiger partial charge in [-0.05, 0) is 59.1 Å². The molecule has 1 N–H and O–H groups in total. The van der Waals surface area contributed by atoms with E-state index in [9.17, 15) is 4.79 Å². The summed E-state index contributed by atoms with van der Waals surface area (Å²) in [6.45, 7) is 7.37. The van der Waals surface area contributed by atoms with Crippen molar-refractivity contribution in [2.24, 2.45) is 5.41 Å². The SMILES string of the molecule is CCCCc1cn(C2CCCCCC2(C)C)c(=O)n1Cc1cnccc1-c1ccc(-c2nn[nH]n2)cc1. The van der Waals surface area contributed by atoms with E-state index in [0.717, 1.165) is 60.1 Å². The fourth-order valence-electron chi connectivity index (χ4n) is 5.75. The van der Waals surface area contributed by atoms with Gasteiger partial charge in [-0.2, -0.15) is 5.21 Å². The van der Waals surface area contributed by atoms with Crippen LogP contribution in [0.2, 0.25) is 0 Å². The molecule has 0 bridgehead atoms. The molecule has 0 amide bonds. The zero-order valence-electron chi connectivity index (χ0n) is 22.2. The molecular formula is C29H37N7O. The maximum atomic E-state index is 14.0. The molecule has 1 saturated carbocycles. The predicted octanol–water partition coefficient (Wildman–Crippen LogP) is 5.81. The maximum Gasteiger partial charge on any atom is 0.328 e. The first kappa shape index (κ1) is 25.1. The van der Waals surface area contributed by atoms with Gasteiger partial charge in [-0.3, -0.25) is 14.1 Å². The summed E-state index contributed by atoms with van der Waals surface area (Å²) in [5, 5.41) is 14.3. The number of hydrogen-bond acceptors (Lipinski definition) is 5. The summed E-state index contributed by atoms with van der Waals surface area (Å²) in [7, 11) is 0. The van der Waals surface area contributed by atoms with Crippen LogP contribution in [0.4, 0.5) is 0 Å². The molecule has 0 saturated heterocycles. The van der Waals surface area contributed by atoms with Crippen LogP contribution in [0, 0.1) is 5.41 Å². The highest BCUT2D eigenvalue weighted by atomic mass is 16.1. The molecule has 37 heavy (non-hydrogen) atoms. The standard InChI is InChI=1S/C29H37N7O/c1-4-5-9-24-20-36(26-10-7-6-8-16-29(26,2)3)28(37)35(24)19-23-18-30-17-15-25(23)21-11-13-22(14-12-21)27-31-33-34-32-27/h11-15,17-18,20,26H,4-10,16,19H2,1-3H3,(H,31,32,33,34). The third kappa shape index (κ3) is 5.29. The maximum absolute atomic E-state index is 14.0. The summed E-state index contributed by atoms with van der Waals surface area (Å²) >= 11 is 0. The number of aromatic nitrogens is 7. The van der Waals surface area contributed by atoms with Gasteiger partial charge >= 0.3 is 5.69 Å². The number of unbranched alkanes of at least 4 members (excludes halogenated alkanes) is 1. The van der Waals surface area contributed by atoms with E-state index in [4.69, 9.17) is 0 Å². The molecule has 0 aliphatic heterocycles. The Kier molecular flexibility index (Phi) is 7.35. The Labute approximate surface area is 218 Å². The summed E-state index contributed by atoms with van der Waals surface area (Å²) in [4.78, 5) is 18.4. The van der Waals surface area contributed by atoms with Gasteiger partial charge in [0, 0.05) is 35.9 Å². The zero-order valence-corrected chi connectivity index (χ0v) is 22.2. The van der Waals surface area contributed by atoms with Crippen molar-refractivity contribution in [3.8, 4) is 22.5 Å². The Bertz CT molecular complexity index is 1370. The minimum Gasteiger partial charge on any atom is -0.295 e. The second-order valence-electron chi connectivity index (χ2n) is 10.9. The summed E-state index contributed by atoms with van der Waals surface area (Å²) in [5.41, 5.74) is 5.40. The molecule has 0 spiro atoms. The lowest BCUT2D eigenvalue weighted by Crippen LogP contribution is -2.34. The van der Waals surface area contributed by atoms with E-state index in [1.807, 2.05) is 35.2 Å². The van der Waals surface area contributed by atoms with E-state index < -0.39 is 0 Å². The highest BCUT2D eigenvalue weighted by Gasteiger charge is 2.34. The molecule has 1 unspecified atom stereocenters. The van der Waals surface area contributed by atoms with E-state index in [-0.39, 0.29) is 17.1 Å². The predicted molar refractivity (Wildman–Crippen MR) is 145 cm³/mol. The molecule has 1 aromatic carbocycles. The molecule has 1 atom stereocenters. The molecule has 8 heteroatoms. The number of tetrazole rings is 1. The lowest BCUT2D eigenvalue weighted by Gasteiger charge is -2.33. The van der Waals surface area contributed by atoms with Crippen molar-refractivity contribution in [3.63, 3.8) is 0 Å². The van der Waals surface area contributed by atoms with Gasteiger partial charge in [-0.25, -0.2) is 4.79 Å². The van der Waals surface area contributed by atoms with Crippen molar-refractivity contribution < 1.29 is 0 Å². The van der Waals surface area contributed by atoms with Gasteiger partial charge in [-0.1, -0.05) is 70.7 Å². The van der Waals surface area contributed by atoms with E-state index in [2.05, 4.69) is 69.3 Å². The van der Waals surface area contributed by atoms with Crippen molar-refractivity contribution in [2.75, 3.05) is 0 Å². The number of rotatable bonds is 8. The monoisotopic (exact) mass is 499 g/mol. The van der Waals surface area contributed by atoms with Crippen LogP contribution < -0.4 is 5.69 Å². The number of nitrogens with one attached hydrogen (secondary N) is 1. The lowest BCUT2D eigenvalue weighted by molar-refractivity contribution is 0.195. The average Bonchev–Trinajstić information content (AvgIpc) is 3.50. The van der Waals surface area contributed by atoms with Crippen molar-refractivity contribution in [1.82, 2.24) is 34.7 Å². The molecule has 194 valence electrons. The quantitative estimate of drug-likeness (QED) is 0.309. The van der Waals surface area contributed by atoms with Crippen LogP contribution >= 0.6 is 0 Å². The van der Waals surface area contributed by atoms with Gasteiger partial charge in [-0.15, -0.1) is 10.2 Å². The first-order valence-corrected chi connectivity index (χ1v) is 13.6. The molecule has 1 fully saturated rings. The number of benzene rings is 1. The molecule has 5 rings (SSSR count). The van der Waals surface area contributed by atoms with Gasteiger partial charge in [0.1, 0.15) is 0 Å². The molecule has 3 aromatic heterocycles. The molecule has 0 radical (unpaired) electrons. The van der Waals surface area contributed by atoms with E-state index in [0.29, 0.717) is 12.4 Å². The van der Waals surface area contributed by atoms with Crippen molar-refractivity contribution >= 4 is 0 Å². The fraction of sp³-hybridized carbons (Fsp3) is 0.483. The fourth-order valence-corrected chi connectivity index (χ4v) is 5.75. The van der Waals surface area contributed by atoms with E-state index in [1.165, 1.54) is 19.3 Å². The van der Waals surface area contributed by atoms with Crippen molar-refractivity contribution in [2.45, 2.75) is 84.7 Å². The second kappa shape index (κ2) is 10.8. The van der Waals surface area contributed by atoms with Gasteiger partial charge in [0.25, 0.3) is 0 Å². The third-order valence-electron chi connectivity index (χ3n) is 7.94. The number of aryl methyl sites for hydroxylation is 1. The van der Waals surface area contributed by atoms with E-state index >= 15 is 0 Å². The topological polar surface area (TPSA) is 94.3 Å². The highest BCUT2D eigenvalue weighted by molar-refractivity contribution is 5.69. The smallest absolute Gasteiger partial charge is 0.295 e. The molecule has 1 aliphatic rings. The number of hydrogen-bond donors (Lipinski definition) is 1. The number of pyridine rings is 1. The number of H-pyrrole nitrogens is 1. The van der Waals surface area contributed by atoms with Crippen LogP contribution in [0.1, 0.15) is 83.0 Å². The van der Waals surface area contributed by atoms with Gasteiger partial charge in [0.2, 0.25) is 5.82 Å². The van der Waals surface area contributed by atoms with Crippen LogP contribution in [0.25, 0.3) is 22.5 Å². The third-order valence-corrected chi connectivity index (χ3v) is 7.94. The normalized spacial score (nSPS) is 17.5. The number of nitrogens with zero attached hydrogens (tertiary/aromatic N) is 6. The Balaban J connectivity index is 1.51. The van der Waals surface area contributed by atoms with Crippen molar-refractivity contribution in [1.29, 1.82) is 0 Å². The molecule has 8 nitrogen and oxygen atoms in total. The summed E-state index contributed by atoms with van der Waals surface area (Å²) < 4.78 is 4.05. The van der Waals surface area contributed by atoms with Crippen LogP contribution in [0.3, 0.4) is 0 Å². The molecule has 3 heterocycles. The number of aromatic amines is 1. The van der Waals surface area contributed by atoms with Gasteiger partial charge in [0.15, 0.2) is 0 Å². The minimum absolute atomic E-state index is 0.105. The summed E-state index contributed by atoms with van der Waals surface area (Å²) in [6, 6.07) is 10.4. The Morgan fingerprint density at radius 2 is 1.89 bits per heavy atom. The highest BCUT2D eigenvalue weighted by Crippen LogP contribution is 2.42. The largest absolute Gasteiger partial charge is 0.328 e. The second-order valence-corrected chi connectivity index (χ2v) is 10.9. The Morgan fingerprint density at radius 1 is 1.08 bits per heavy atom. The van der Waals surface area contributed by atoms with Crippen LogP contribution in [0.5, 0.6) is 0 Å². The van der Waals surface area contributed by atoms with Gasteiger partial charge in [0.05, 0.1) is 6.54 Å². The molecule has 1 aliphatic carbocycles. The Morgan fingerprint density at radius 3 is 2.65 bits per heavy atom. The average molecular weight is 500 g/mol. The van der Waals surface area contributed by atoms with Crippen molar-refractivity contribution in [3.05, 3.63) is 70.7 Å². The summed E-state index contributed by atoms with van der Waals surface area (Å²) in [5.74, 6) is 0.566. The Hall–Kier alpha value is -3.55. The zero-order chi connectivity index (χ0) is 25.8. The van der Waals surface area contributed by atoms with Crippen LogP contribution in [-0.2, 0) is 13.0 Å². The van der Waals surface area contributed by atoms with Gasteiger partial charge < -0.3 is 0 Å². The minimum atomic E-state index is 0.105. The molecular weight excluding hydrogens is 462 g/mol. The number of imidazole rings is 1. The first-order chi connectivity index (χ1) is 18.0.